The molecule has 0 atom stereocenters. The maximum absolute atomic E-state index is 13.6. The number of ether oxygens (including phenoxy) is 1. The average Bonchev–Trinajstić information content (AvgIpc) is 3.49. The molecule has 34 heavy (non-hydrogen) atoms. The molecule has 0 bridgehead atoms. The van der Waals surface area contributed by atoms with Crippen LogP contribution in [0.1, 0.15) is 29.8 Å². The molecule has 0 unspecified atom stereocenters. The van der Waals surface area contributed by atoms with E-state index < -0.39 is 0 Å². The molecule has 0 radical (unpaired) electrons. The fourth-order valence-corrected chi connectivity index (χ4v) is 4.68. The van der Waals surface area contributed by atoms with Crippen molar-refractivity contribution in [1.29, 1.82) is 0 Å². The van der Waals surface area contributed by atoms with Gasteiger partial charge in [-0.3, -0.25) is 4.79 Å². The molecule has 1 fully saturated rings. The van der Waals surface area contributed by atoms with Crippen molar-refractivity contribution in [3.63, 3.8) is 0 Å². The topological polar surface area (TPSA) is 82.3 Å². The van der Waals surface area contributed by atoms with Crippen LogP contribution in [-0.2, 0) is 9.53 Å². The van der Waals surface area contributed by atoms with Crippen molar-refractivity contribution >= 4 is 28.4 Å². The first-order valence-corrected chi connectivity index (χ1v) is 11.6. The summed E-state index contributed by atoms with van der Waals surface area (Å²) in [6.45, 7) is 3.78. The van der Waals surface area contributed by atoms with E-state index in [2.05, 4.69) is 25.5 Å². The molecule has 5 rings (SSSR count). The summed E-state index contributed by atoms with van der Waals surface area (Å²) in [5.41, 5.74) is 4.42. The number of fused-ring (bicyclic) bond motifs is 1. The lowest BCUT2D eigenvalue weighted by molar-refractivity contribution is -0.110. The van der Waals surface area contributed by atoms with Gasteiger partial charge in [0.1, 0.15) is 11.6 Å². The van der Waals surface area contributed by atoms with Gasteiger partial charge in [0.05, 0.1) is 12.2 Å². The van der Waals surface area contributed by atoms with E-state index in [1.165, 1.54) is 12.1 Å². The SMILES string of the molecule is COCCN1CCC(Nc2ccc3c(c2)/C(=C(\c2ccc(F)cc2)c2ncc[nH]2)C(=O)N3)CC1. The number of amides is 1. The van der Waals surface area contributed by atoms with Crippen LogP contribution in [0.15, 0.2) is 54.9 Å². The molecule has 8 heteroatoms. The number of rotatable bonds is 7. The molecule has 0 spiro atoms. The second-order valence-corrected chi connectivity index (χ2v) is 8.66. The van der Waals surface area contributed by atoms with E-state index >= 15 is 0 Å². The smallest absolute Gasteiger partial charge is 0.257 e. The molecule has 3 heterocycles. The highest BCUT2D eigenvalue weighted by molar-refractivity contribution is 6.38. The molecule has 3 N–H and O–H groups in total. The van der Waals surface area contributed by atoms with E-state index in [9.17, 15) is 9.18 Å². The number of aromatic amines is 1. The standard InChI is InChI=1S/C26H28FN5O2/c1-34-15-14-32-12-8-19(9-13-32)30-20-6-7-22-21(16-20)24(26(33)31-22)23(25-28-10-11-29-25)17-2-4-18(27)5-3-17/h2-7,10-11,16,19,30H,8-9,12-15H2,1H3,(H,28,29)(H,31,33)/b24-23-. The molecule has 7 nitrogen and oxygen atoms in total. The summed E-state index contributed by atoms with van der Waals surface area (Å²) in [7, 11) is 1.73. The van der Waals surface area contributed by atoms with Crippen molar-refractivity contribution in [3.8, 4) is 0 Å². The number of aromatic nitrogens is 2. The number of piperidine rings is 1. The van der Waals surface area contributed by atoms with Crippen molar-refractivity contribution in [2.24, 2.45) is 0 Å². The first-order chi connectivity index (χ1) is 16.6. The summed E-state index contributed by atoms with van der Waals surface area (Å²) < 4.78 is 18.8. The molecule has 1 saturated heterocycles. The van der Waals surface area contributed by atoms with Gasteiger partial charge in [-0.15, -0.1) is 0 Å². The summed E-state index contributed by atoms with van der Waals surface area (Å²) in [6, 6.07) is 12.5. The Bertz CT molecular complexity index is 1180. The molecule has 1 amide bonds. The van der Waals surface area contributed by atoms with E-state index in [4.69, 9.17) is 4.74 Å². The molecule has 3 aromatic rings. The number of anilines is 2. The largest absolute Gasteiger partial charge is 0.383 e. The molecular formula is C26H28FN5O2. The molecule has 2 aromatic carbocycles. The summed E-state index contributed by atoms with van der Waals surface area (Å²) in [4.78, 5) is 23.0. The summed E-state index contributed by atoms with van der Waals surface area (Å²) >= 11 is 0. The maximum Gasteiger partial charge on any atom is 0.257 e. The van der Waals surface area contributed by atoms with E-state index in [1.54, 1.807) is 31.6 Å². The Labute approximate surface area is 198 Å². The minimum absolute atomic E-state index is 0.200. The third-order valence-electron chi connectivity index (χ3n) is 6.45. The molecule has 2 aliphatic heterocycles. The summed E-state index contributed by atoms with van der Waals surface area (Å²) in [5, 5.41) is 6.62. The van der Waals surface area contributed by atoms with Crippen molar-refractivity contribution in [2.45, 2.75) is 18.9 Å². The van der Waals surface area contributed by atoms with E-state index in [1.807, 2.05) is 18.2 Å². The lowest BCUT2D eigenvalue weighted by Gasteiger charge is -2.32. The van der Waals surface area contributed by atoms with Crippen LogP contribution in [-0.4, -0.2) is 60.2 Å². The minimum atomic E-state index is -0.330. The fraction of sp³-hybridized carbons (Fsp3) is 0.308. The average molecular weight is 462 g/mol. The molecule has 2 aliphatic rings. The van der Waals surface area contributed by atoms with Crippen LogP contribution in [0.3, 0.4) is 0 Å². The Morgan fingerprint density at radius 2 is 2.00 bits per heavy atom. The lowest BCUT2D eigenvalue weighted by Crippen LogP contribution is -2.40. The van der Waals surface area contributed by atoms with Crippen LogP contribution in [0.4, 0.5) is 15.8 Å². The van der Waals surface area contributed by atoms with E-state index in [-0.39, 0.29) is 11.7 Å². The third-order valence-corrected chi connectivity index (χ3v) is 6.45. The number of imidazole rings is 1. The third kappa shape index (κ3) is 4.60. The van der Waals surface area contributed by atoms with Crippen molar-refractivity contribution in [3.05, 3.63) is 77.6 Å². The normalized spacial score (nSPS) is 18.0. The van der Waals surface area contributed by atoms with Gasteiger partial charge in [0.15, 0.2) is 0 Å². The second-order valence-electron chi connectivity index (χ2n) is 8.66. The number of hydrogen-bond donors (Lipinski definition) is 3. The first-order valence-electron chi connectivity index (χ1n) is 11.6. The zero-order chi connectivity index (χ0) is 23.5. The van der Waals surface area contributed by atoms with Gasteiger partial charge < -0.3 is 25.3 Å². The second kappa shape index (κ2) is 9.79. The van der Waals surface area contributed by atoms with E-state index in [0.717, 1.165) is 61.6 Å². The predicted molar refractivity (Wildman–Crippen MR) is 131 cm³/mol. The van der Waals surface area contributed by atoms with Crippen molar-refractivity contribution in [2.75, 3.05) is 44.0 Å². The number of methoxy groups -OCH3 is 1. The van der Waals surface area contributed by atoms with Crippen LogP contribution in [0.2, 0.25) is 0 Å². The zero-order valence-corrected chi connectivity index (χ0v) is 19.1. The minimum Gasteiger partial charge on any atom is -0.383 e. The van der Waals surface area contributed by atoms with Crippen molar-refractivity contribution < 1.29 is 13.9 Å². The van der Waals surface area contributed by atoms with Gasteiger partial charge in [-0.2, -0.15) is 0 Å². The zero-order valence-electron chi connectivity index (χ0n) is 19.1. The van der Waals surface area contributed by atoms with Gasteiger partial charge in [-0.25, -0.2) is 9.37 Å². The Hall–Kier alpha value is -3.49. The molecule has 0 saturated carbocycles. The number of halogens is 1. The monoisotopic (exact) mass is 461 g/mol. The number of H-pyrrole nitrogens is 1. The maximum atomic E-state index is 13.6. The van der Waals surface area contributed by atoms with E-state index in [0.29, 0.717) is 23.0 Å². The predicted octanol–water partition coefficient (Wildman–Crippen LogP) is 3.98. The quantitative estimate of drug-likeness (QED) is 0.464. The molecule has 0 aliphatic carbocycles. The van der Waals surface area contributed by atoms with Crippen LogP contribution in [0, 0.1) is 5.82 Å². The summed E-state index contributed by atoms with van der Waals surface area (Å²) in [6.07, 6.45) is 5.45. The Morgan fingerprint density at radius 1 is 1.21 bits per heavy atom. The number of benzene rings is 2. The van der Waals surface area contributed by atoms with Gasteiger partial charge in [0, 0.05) is 67.7 Å². The van der Waals surface area contributed by atoms with Gasteiger partial charge in [0.25, 0.3) is 5.91 Å². The number of nitrogens with one attached hydrogen (secondary N) is 3. The van der Waals surface area contributed by atoms with Crippen LogP contribution < -0.4 is 10.6 Å². The van der Waals surface area contributed by atoms with Crippen LogP contribution in [0.25, 0.3) is 11.1 Å². The van der Waals surface area contributed by atoms with Gasteiger partial charge >= 0.3 is 0 Å². The highest BCUT2D eigenvalue weighted by atomic mass is 19.1. The number of likely N-dealkylation sites (tertiary alicyclic amines) is 1. The van der Waals surface area contributed by atoms with Gasteiger partial charge in [-0.1, -0.05) is 12.1 Å². The molecular weight excluding hydrogens is 433 g/mol. The number of carbonyl (C=O) groups excluding carboxylic acids is 1. The number of hydrogen-bond acceptors (Lipinski definition) is 5. The highest BCUT2D eigenvalue weighted by Crippen LogP contribution is 2.40. The van der Waals surface area contributed by atoms with Crippen LogP contribution >= 0.6 is 0 Å². The Balaban J connectivity index is 1.45. The van der Waals surface area contributed by atoms with Crippen molar-refractivity contribution in [1.82, 2.24) is 14.9 Å². The molecule has 176 valence electrons. The Kier molecular flexibility index (Phi) is 6.42. The number of nitrogens with zero attached hydrogens (tertiary/aromatic N) is 2. The van der Waals surface area contributed by atoms with Gasteiger partial charge in [-0.05, 0) is 48.7 Å². The summed E-state index contributed by atoms with van der Waals surface area (Å²) in [5.74, 6) is 0.0318. The first kappa shape index (κ1) is 22.3. The lowest BCUT2D eigenvalue weighted by atomic mass is 9.94. The van der Waals surface area contributed by atoms with Gasteiger partial charge in [0.2, 0.25) is 0 Å². The fourth-order valence-electron chi connectivity index (χ4n) is 4.68. The molecule has 1 aromatic heterocycles. The Morgan fingerprint density at radius 3 is 2.71 bits per heavy atom. The van der Waals surface area contributed by atoms with Crippen LogP contribution in [0.5, 0.6) is 0 Å². The number of carbonyl (C=O) groups is 1. The highest BCUT2D eigenvalue weighted by Gasteiger charge is 2.30.